The molecule has 0 aromatic rings. The Morgan fingerprint density at radius 3 is 1.77 bits per heavy atom. The molecule has 0 aliphatic carbocycles. The molecule has 0 radical (unpaired) electrons. The molecule has 0 aromatic heterocycles. The van der Waals surface area contributed by atoms with Crippen LogP contribution < -0.4 is 0 Å². The Hall–Kier alpha value is -0.295. The fraction of sp³-hybridized carbons (Fsp3) is 1.00. The first kappa shape index (κ1) is 12.7. The smallest absolute Gasteiger partial charge is 0.418 e. The van der Waals surface area contributed by atoms with E-state index < -0.39 is 7.25 Å². The molecule has 0 unspecified atom stereocenters. The quantitative estimate of drug-likeness (QED) is 0.468. The molecule has 80 valence electrons. The van der Waals surface area contributed by atoms with Crippen molar-refractivity contribution in [1.82, 2.24) is 9.80 Å². The monoisotopic (exact) mass is 201 g/mol. The second kappa shape index (κ2) is 5.44. The van der Waals surface area contributed by atoms with Crippen LogP contribution in [0.4, 0.5) is 17.3 Å². The second-order valence-electron chi connectivity index (χ2n) is 2.93. The SMILES string of the molecule is CCN1CCN(C)C1.F[B-](F)(F)F. The molecule has 1 aliphatic rings. The summed E-state index contributed by atoms with van der Waals surface area (Å²) in [5.74, 6) is 0. The highest BCUT2D eigenvalue weighted by molar-refractivity contribution is 6.50. The lowest BCUT2D eigenvalue weighted by Gasteiger charge is -2.10. The molecule has 0 atom stereocenters. The molecule has 0 amide bonds. The number of hydrogen-bond acceptors (Lipinski definition) is 2. The van der Waals surface area contributed by atoms with Gasteiger partial charge in [-0.2, -0.15) is 0 Å². The first-order valence-corrected chi connectivity index (χ1v) is 4.11. The summed E-state index contributed by atoms with van der Waals surface area (Å²) in [7, 11) is -3.84. The van der Waals surface area contributed by atoms with E-state index in [2.05, 4.69) is 23.8 Å². The normalized spacial score (nSPS) is 19.8. The minimum atomic E-state index is -6.00. The van der Waals surface area contributed by atoms with Gasteiger partial charge in [-0.25, -0.2) is 0 Å². The maximum Gasteiger partial charge on any atom is 0.673 e. The number of halogens is 4. The molecule has 1 aliphatic heterocycles. The Morgan fingerprint density at radius 2 is 1.62 bits per heavy atom. The van der Waals surface area contributed by atoms with E-state index in [0.29, 0.717) is 0 Å². The Balaban J connectivity index is 0.000000252. The van der Waals surface area contributed by atoms with E-state index in [4.69, 9.17) is 0 Å². The molecule has 0 aromatic carbocycles. The lowest BCUT2D eigenvalue weighted by molar-refractivity contribution is 0.286. The van der Waals surface area contributed by atoms with Crippen molar-refractivity contribution in [3.05, 3.63) is 0 Å². The summed E-state index contributed by atoms with van der Waals surface area (Å²) in [6, 6.07) is 0. The van der Waals surface area contributed by atoms with Crippen molar-refractivity contribution >= 4 is 7.25 Å². The zero-order valence-corrected chi connectivity index (χ0v) is 7.81. The second-order valence-corrected chi connectivity index (χ2v) is 2.93. The summed E-state index contributed by atoms with van der Waals surface area (Å²) >= 11 is 0. The largest absolute Gasteiger partial charge is 0.673 e. The number of nitrogens with zero attached hydrogens (tertiary/aromatic N) is 2. The number of likely N-dealkylation sites (N-methyl/N-ethyl adjacent to an activating group) is 2. The van der Waals surface area contributed by atoms with Crippen molar-refractivity contribution in [2.24, 2.45) is 0 Å². The molecule has 0 saturated carbocycles. The van der Waals surface area contributed by atoms with Crippen molar-refractivity contribution in [3.63, 3.8) is 0 Å². The highest BCUT2D eigenvalue weighted by Crippen LogP contribution is 2.06. The summed E-state index contributed by atoms with van der Waals surface area (Å²) in [4.78, 5) is 4.77. The van der Waals surface area contributed by atoms with Crippen LogP contribution in [0.2, 0.25) is 0 Å². The van der Waals surface area contributed by atoms with Crippen molar-refractivity contribution in [2.45, 2.75) is 6.92 Å². The van der Waals surface area contributed by atoms with Crippen molar-refractivity contribution in [2.75, 3.05) is 33.4 Å². The molecule has 0 N–H and O–H groups in total. The minimum absolute atomic E-state index is 1.16. The van der Waals surface area contributed by atoms with Gasteiger partial charge in [0.2, 0.25) is 0 Å². The molecule has 1 heterocycles. The summed E-state index contributed by atoms with van der Waals surface area (Å²) in [5.41, 5.74) is 0. The van der Waals surface area contributed by atoms with E-state index in [1.54, 1.807) is 0 Å². The first-order valence-electron chi connectivity index (χ1n) is 4.11. The van der Waals surface area contributed by atoms with E-state index in [1.807, 2.05) is 0 Å². The van der Waals surface area contributed by atoms with Crippen LogP contribution >= 0.6 is 0 Å². The molecule has 2 nitrogen and oxygen atoms in total. The van der Waals surface area contributed by atoms with Gasteiger partial charge in [0.1, 0.15) is 0 Å². The minimum Gasteiger partial charge on any atom is -0.418 e. The van der Waals surface area contributed by atoms with Crippen LogP contribution in [0.5, 0.6) is 0 Å². The number of hydrogen-bond donors (Lipinski definition) is 0. The number of rotatable bonds is 1. The molecule has 0 spiro atoms. The van der Waals surface area contributed by atoms with Gasteiger partial charge in [-0.3, -0.25) is 9.80 Å². The van der Waals surface area contributed by atoms with Crippen LogP contribution in [0.25, 0.3) is 0 Å². The van der Waals surface area contributed by atoms with E-state index in [9.17, 15) is 17.3 Å². The third kappa shape index (κ3) is 9.62. The third-order valence-electron chi connectivity index (χ3n) is 1.69. The van der Waals surface area contributed by atoms with Gasteiger partial charge < -0.3 is 17.3 Å². The maximum absolute atomic E-state index is 9.75. The molecule has 1 fully saturated rings. The molecule has 1 rings (SSSR count). The lowest BCUT2D eigenvalue weighted by atomic mass is 10.3. The Labute approximate surface area is 75.6 Å². The van der Waals surface area contributed by atoms with E-state index >= 15 is 0 Å². The lowest BCUT2D eigenvalue weighted by Crippen LogP contribution is -2.22. The Morgan fingerprint density at radius 1 is 1.15 bits per heavy atom. The molecule has 13 heavy (non-hydrogen) atoms. The fourth-order valence-corrected chi connectivity index (χ4v) is 1.05. The summed E-state index contributed by atoms with van der Waals surface area (Å²) in [6.07, 6.45) is 0. The van der Waals surface area contributed by atoms with Crippen molar-refractivity contribution in [1.29, 1.82) is 0 Å². The van der Waals surface area contributed by atoms with E-state index in [1.165, 1.54) is 19.6 Å². The standard InChI is InChI=1S/C6H14N2.BF4/c1-3-8-5-4-7(2)6-8;2-1(3,4)5/h3-6H2,1-2H3;/q;-1. The van der Waals surface area contributed by atoms with Gasteiger partial charge in [0.25, 0.3) is 0 Å². The molecule has 0 bridgehead atoms. The highest BCUT2D eigenvalue weighted by Gasteiger charge is 2.20. The topological polar surface area (TPSA) is 6.48 Å². The van der Waals surface area contributed by atoms with Crippen molar-refractivity contribution < 1.29 is 17.3 Å². The van der Waals surface area contributed by atoms with Crippen molar-refractivity contribution in [3.8, 4) is 0 Å². The zero-order valence-electron chi connectivity index (χ0n) is 7.81. The van der Waals surface area contributed by atoms with Crippen LogP contribution in [-0.4, -0.2) is 50.4 Å². The third-order valence-corrected chi connectivity index (χ3v) is 1.69. The average Bonchev–Trinajstić information content (AvgIpc) is 2.31. The van der Waals surface area contributed by atoms with Gasteiger partial charge in [-0.1, -0.05) is 6.92 Å². The van der Waals surface area contributed by atoms with Gasteiger partial charge in [0, 0.05) is 13.1 Å². The highest BCUT2D eigenvalue weighted by atomic mass is 19.5. The van der Waals surface area contributed by atoms with Gasteiger partial charge in [0.15, 0.2) is 0 Å². The van der Waals surface area contributed by atoms with Gasteiger partial charge >= 0.3 is 7.25 Å². The molecule has 7 heteroatoms. The van der Waals surface area contributed by atoms with Crippen LogP contribution in [0.15, 0.2) is 0 Å². The fourth-order valence-electron chi connectivity index (χ4n) is 1.05. The predicted molar refractivity (Wildman–Crippen MR) is 44.9 cm³/mol. The molecular weight excluding hydrogens is 187 g/mol. The zero-order chi connectivity index (χ0) is 10.5. The van der Waals surface area contributed by atoms with Crippen LogP contribution in [0.1, 0.15) is 6.92 Å². The summed E-state index contributed by atoms with van der Waals surface area (Å²) in [5, 5.41) is 0. The predicted octanol–water partition coefficient (Wildman–Crippen LogP) is 1.51. The average molecular weight is 201 g/mol. The Bertz CT molecular complexity index is 135. The summed E-state index contributed by atoms with van der Waals surface area (Å²) in [6.45, 7) is 7.07. The van der Waals surface area contributed by atoms with Gasteiger partial charge in [-0.15, -0.1) is 0 Å². The van der Waals surface area contributed by atoms with Gasteiger partial charge in [0.05, 0.1) is 6.67 Å². The maximum atomic E-state index is 9.75. The van der Waals surface area contributed by atoms with E-state index in [0.717, 1.165) is 6.67 Å². The summed E-state index contributed by atoms with van der Waals surface area (Å²) < 4.78 is 39.0. The first-order chi connectivity index (χ1) is 5.83. The van der Waals surface area contributed by atoms with Crippen LogP contribution in [-0.2, 0) is 0 Å². The molecular formula is C6H14BF4N2-. The van der Waals surface area contributed by atoms with Crippen LogP contribution in [0.3, 0.4) is 0 Å². The van der Waals surface area contributed by atoms with Crippen LogP contribution in [0, 0.1) is 0 Å². The van der Waals surface area contributed by atoms with Gasteiger partial charge in [-0.05, 0) is 13.6 Å². The van der Waals surface area contributed by atoms with E-state index in [-0.39, 0.29) is 0 Å². The molecule has 1 saturated heterocycles. The Kier molecular flexibility index (Phi) is 5.31.